The topological polar surface area (TPSA) is 41.6 Å². The summed E-state index contributed by atoms with van der Waals surface area (Å²) in [6.45, 7) is 2.02. The molecule has 0 radical (unpaired) electrons. The summed E-state index contributed by atoms with van der Waals surface area (Å²) in [4.78, 5) is 4.23. The summed E-state index contributed by atoms with van der Waals surface area (Å²) in [7, 11) is 1.91. The zero-order valence-corrected chi connectivity index (χ0v) is 9.38. The van der Waals surface area contributed by atoms with Crippen molar-refractivity contribution in [3.05, 3.63) is 53.6 Å². The summed E-state index contributed by atoms with van der Waals surface area (Å²) in [5.41, 5.74) is 2.16. The third kappa shape index (κ3) is 1.82. The Balaban J connectivity index is 2.46. The predicted molar refractivity (Wildman–Crippen MR) is 61.8 cm³/mol. The largest absolute Gasteiger partial charge is 0.337 e. The van der Waals surface area contributed by atoms with Crippen LogP contribution in [0.15, 0.2) is 36.7 Å². The number of rotatable bonds is 2. The third-order valence-electron chi connectivity index (χ3n) is 2.62. The molecule has 1 atom stereocenters. The molecule has 1 heterocycles. The van der Waals surface area contributed by atoms with Gasteiger partial charge < -0.3 is 4.57 Å². The van der Waals surface area contributed by atoms with Crippen LogP contribution in [0, 0.1) is 18.3 Å². The van der Waals surface area contributed by atoms with Gasteiger partial charge in [0.2, 0.25) is 0 Å². The van der Waals surface area contributed by atoms with Crippen LogP contribution >= 0.6 is 0 Å². The zero-order chi connectivity index (χ0) is 11.5. The van der Waals surface area contributed by atoms with Crippen LogP contribution in [-0.2, 0) is 7.05 Å². The minimum atomic E-state index is -0.292. The molecule has 0 amide bonds. The fourth-order valence-electron chi connectivity index (χ4n) is 1.79. The van der Waals surface area contributed by atoms with Gasteiger partial charge in [-0.25, -0.2) is 4.98 Å². The highest BCUT2D eigenvalue weighted by atomic mass is 15.0. The van der Waals surface area contributed by atoms with Gasteiger partial charge in [0.05, 0.1) is 6.07 Å². The Labute approximate surface area is 95.0 Å². The Morgan fingerprint density at radius 1 is 1.44 bits per heavy atom. The molecule has 0 saturated heterocycles. The van der Waals surface area contributed by atoms with Crippen molar-refractivity contribution in [3.8, 4) is 6.07 Å². The van der Waals surface area contributed by atoms with Gasteiger partial charge in [0.15, 0.2) is 0 Å². The second-order valence-electron chi connectivity index (χ2n) is 3.87. The van der Waals surface area contributed by atoms with Gasteiger partial charge in [-0.3, -0.25) is 0 Å². The summed E-state index contributed by atoms with van der Waals surface area (Å²) in [6.07, 6.45) is 3.57. The molecule has 1 aromatic carbocycles. The van der Waals surface area contributed by atoms with E-state index >= 15 is 0 Å². The maximum atomic E-state index is 9.26. The van der Waals surface area contributed by atoms with Crippen LogP contribution in [0.4, 0.5) is 0 Å². The number of benzene rings is 1. The van der Waals surface area contributed by atoms with Crippen molar-refractivity contribution in [2.45, 2.75) is 12.8 Å². The fourth-order valence-corrected chi connectivity index (χ4v) is 1.79. The summed E-state index contributed by atoms with van der Waals surface area (Å²) >= 11 is 0. The van der Waals surface area contributed by atoms with E-state index in [0.717, 1.165) is 17.0 Å². The normalized spacial score (nSPS) is 12.1. The average Bonchev–Trinajstić information content (AvgIpc) is 2.67. The van der Waals surface area contributed by atoms with Gasteiger partial charge in [-0.05, 0) is 12.5 Å². The van der Waals surface area contributed by atoms with Crippen LogP contribution in [0.3, 0.4) is 0 Å². The van der Waals surface area contributed by atoms with Crippen LogP contribution in [0.5, 0.6) is 0 Å². The van der Waals surface area contributed by atoms with Crippen molar-refractivity contribution in [3.63, 3.8) is 0 Å². The molecule has 0 bridgehead atoms. The highest BCUT2D eigenvalue weighted by Gasteiger charge is 2.17. The van der Waals surface area contributed by atoms with Gasteiger partial charge in [-0.15, -0.1) is 0 Å². The molecule has 0 saturated carbocycles. The van der Waals surface area contributed by atoms with E-state index in [9.17, 15) is 5.26 Å². The number of nitriles is 1. The van der Waals surface area contributed by atoms with Gasteiger partial charge in [-0.1, -0.05) is 29.8 Å². The summed E-state index contributed by atoms with van der Waals surface area (Å²) < 4.78 is 1.89. The molecular weight excluding hydrogens is 198 g/mol. The quantitative estimate of drug-likeness (QED) is 0.765. The monoisotopic (exact) mass is 211 g/mol. The third-order valence-corrected chi connectivity index (χ3v) is 2.62. The number of hydrogen-bond acceptors (Lipinski definition) is 2. The number of hydrogen-bond donors (Lipinski definition) is 0. The van der Waals surface area contributed by atoms with Gasteiger partial charge in [-0.2, -0.15) is 5.26 Å². The highest BCUT2D eigenvalue weighted by molar-refractivity contribution is 5.34. The molecule has 80 valence electrons. The van der Waals surface area contributed by atoms with E-state index in [1.807, 2.05) is 49.0 Å². The Kier molecular flexibility index (Phi) is 2.74. The lowest BCUT2D eigenvalue weighted by Crippen LogP contribution is -2.05. The lowest BCUT2D eigenvalue weighted by atomic mass is 9.98. The van der Waals surface area contributed by atoms with Crippen LogP contribution in [0.2, 0.25) is 0 Å². The van der Waals surface area contributed by atoms with E-state index in [0.29, 0.717) is 0 Å². The average molecular weight is 211 g/mol. The van der Waals surface area contributed by atoms with Crippen molar-refractivity contribution < 1.29 is 0 Å². The lowest BCUT2D eigenvalue weighted by Gasteiger charge is -2.09. The van der Waals surface area contributed by atoms with Crippen molar-refractivity contribution in [2.75, 3.05) is 0 Å². The molecule has 0 N–H and O–H groups in total. The zero-order valence-electron chi connectivity index (χ0n) is 9.38. The van der Waals surface area contributed by atoms with Gasteiger partial charge >= 0.3 is 0 Å². The molecule has 0 spiro atoms. The molecule has 0 aliphatic carbocycles. The Bertz CT molecular complexity index is 534. The van der Waals surface area contributed by atoms with E-state index in [1.54, 1.807) is 6.20 Å². The maximum absolute atomic E-state index is 9.26. The molecule has 3 nitrogen and oxygen atoms in total. The minimum absolute atomic E-state index is 0.292. The van der Waals surface area contributed by atoms with Gasteiger partial charge in [0, 0.05) is 19.4 Å². The fraction of sp³-hybridized carbons (Fsp3) is 0.231. The molecule has 1 unspecified atom stereocenters. The van der Waals surface area contributed by atoms with Crippen LogP contribution in [-0.4, -0.2) is 9.55 Å². The molecule has 3 heteroatoms. The Hall–Kier alpha value is -2.08. The van der Waals surface area contributed by atoms with Crippen LogP contribution in [0.25, 0.3) is 0 Å². The first kappa shape index (κ1) is 10.4. The van der Waals surface area contributed by atoms with E-state index in [-0.39, 0.29) is 5.92 Å². The van der Waals surface area contributed by atoms with Crippen molar-refractivity contribution in [1.29, 1.82) is 5.26 Å². The molecule has 0 aliphatic rings. The van der Waals surface area contributed by atoms with E-state index in [1.165, 1.54) is 0 Å². The highest BCUT2D eigenvalue weighted by Crippen LogP contribution is 2.22. The number of aromatic nitrogens is 2. The second kappa shape index (κ2) is 4.19. The Morgan fingerprint density at radius 2 is 2.25 bits per heavy atom. The molecule has 0 aliphatic heterocycles. The lowest BCUT2D eigenvalue weighted by molar-refractivity contribution is 0.783. The van der Waals surface area contributed by atoms with E-state index in [4.69, 9.17) is 0 Å². The molecular formula is C13H13N3. The van der Waals surface area contributed by atoms with Crippen LogP contribution in [0.1, 0.15) is 22.9 Å². The maximum Gasteiger partial charge on any atom is 0.130 e. The number of imidazole rings is 1. The van der Waals surface area contributed by atoms with Crippen molar-refractivity contribution >= 4 is 0 Å². The Morgan fingerprint density at radius 3 is 2.81 bits per heavy atom. The van der Waals surface area contributed by atoms with E-state index in [2.05, 4.69) is 11.1 Å². The number of aryl methyl sites for hydroxylation is 2. The smallest absolute Gasteiger partial charge is 0.130 e. The van der Waals surface area contributed by atoms with Gasteiger partial charge in [0.25, 0.3) is 0 Å². The molecule has 0 fully saturated rings. The van der Waals surface area contributed by atoms with Crippen LogP contribution < -0.4 is 0 Å². The first-order chi connectivity index (χ1) is 7.72. The van der Waals surface area contributed by atoms with E-state index < -0.39 is 0 Å². The molecule has 1 aromatic heterocycles. The summed E-state index contributed by atoms with van der Waals surface area (Å²) in [5.74, 6) is 0.494. The first-order valence-corrected chi connectivity index (χ1v) is 5.16. The molecule has 16 heavy (non-hydrogen) atoms. The predicted octanol–water partition coefficient (Wildman–Crippen LogP) is 2.38. The summed E-state index contributed by atoms with van der Waals surface area (Å²) in [6, 6.07) is 10.3. The minimum Gasteiger partial charge on any atom is -0.337 e. The van der Waals surface area contributed by atoms with Gasteiger partial charge in [0.1, 0.15) is 11.7 Å². The molecule has 2 aromatic rings. The second-order valence-corrected chi connectivity index (χ2v) is 3.87. The van der Waals surface area contributed by atoms with Crippen molar-refractivity contribution in [1.82, 2.24) is 9.55 Å². The van der Waals surface area contributed by atoms with Crippen molar-refractivity contribution in [2.24, 2.45) is 7.05 Å². The molecule has 2 rings (SSSR count). The number of nitrogens with zero attached hydrogens (tertiary/aromatic N) is 3. The standard InChI is InChI=1S/C13H13N3/c1-10-4-3-5-11(8-10)12(9-14)13-15-6-7-16(13)2/h3-8,12H,1-2H3. The SMILES string of the molecule is Cc1cccc(C(C#N)c2nccn2C)c1. The first-order valence-electron chi connectivity index (χ1n) is 5.16. The summed E-state index contributed by atoms with van der Waals surface area (Å²) in [5, 5.41) is 9.26.